The molecule has 5 nitrogen and oxygen atoms in total. The van der Waals surface area contributed by atoms with Crippen LogP contribution in [0.4, 0.5) is 0 Å². The van der Waals surface area contributed by atoms with Crippen molar-refractivity contribution in [1.82, 2.24) is 0 Å². The van der Waals surface area contributed by atoms with E-state index in [9.17, 15) is 10.2 Å². The molecule has 0 amide bonds. The van der Waals surface area contributed by atoms with Gasteiger partial charge in [-0.3, -0.25) is 0 Å². The van der Waals surface area contributed by atoms with Gasteiger partial charge in [0.1, 0.15) is 6.10 Å². The Morgan fingerprint density at radius 3 is 2.38 bits per heavy atom. The monoisotopic (exact) mass is 192 g/mol. The van der Waals surface area contributed by atoms with Crippen LogP contribution >= 0.6 is 0 Å². The zero-order valence-electron chi connectivity index (χ0n) is 7.75. The van der Waals surface area contributed by atoms with Crippen molar-refractivity contribution in [3.63, 3.8) is 0 Å². The predicted molar refractivity (Wildman–Crippen MR) is 43.9 cm³/mol. The first-order valence-electron chi connectivity index (χ1n) is 4.27. The van der Waals surface area contributed by atoms with E-state index in [4.69, 9.17) is 14.6 Å². The molecule has 0 radical (unpaired) electrons. The Labute approximate surface area is 76.9 Å². The van der Waals surface area contributed by atoms with E-state index in [1.54, 1.807) is 6.92 Å². The van der Waals surface area contributed by atoms with E-state index < -0.39 is 24.6 Å². The van der Waals surface area contributed by atoms with Crippen molar-refractivity contribution in [2.75, 3.05) is 13.7 Å². The van der Waals surface area contributed by atoms with E-state index in [1.165, 1.54) is 7.11 Å². The highest BCUT2D eigenvalue weighted by Crippen LogP contribution is 2.25. The number of rotatable bonds is 2. The van der Waals surface area contributed by atoms with E-state index in [0.29, 0.717) is 0 Å². The van der Waals surface area contributed by atoms with Crippen LogP contribution in [-0.2, 0) is 9.47 Å². The molecule has 13 heavy (non-hydrogen) atoms. The second kappa shape index (κ2) is 4.34. The van der Waals surface area contributed by atoms with E-state index in [1.807, 2.05) is 0 Å². The molecule has 1 aliphatic heterocycles. The Morgan fingerprint density at radius 2 is 1.92 bits per heavy atom. The molecule has 0 aromatic carbocycles. The van der Waals surface area contributed by atoms with Gasteiger partial charge in [0.2, 0.25) is 0 Å². The summed E-state index contributed by atoms with van der Waals surface area (Å²) in [5.41, 5.74) is 0. The summed E-state index contributed by atoms with van der Waals surface area (Å²) < 4.78 is 10.0. The molecule has 1 fully saturated rings. The molecule has 0 aromatic heterocycles. The molecule has 0 aliphatic carbocycles. The molecule has 1 saturated heterocycles. The van der Waals surface area contributed by atoms with Gasteiger partial charge in [-0.1, -0.05) is 6.92 Å². The maximum absolute atomic E-state index is 9.53. The highest BCUT2D eigenvalue weighted by Gasteiger charge is 2.41. The van der Waals surface area contributed by atoms with Crippen LogP contribution in [0.15, 0.2) is 0 Å². The van der Waals surface area contributed by atoms with E-state index in [-0.39, 0.29) is 12.5 Å². The number of methoxy groups -OCH3 is 1. The van der Waals surface area contributed by atoms with Gasteiger partial charge >= 0.3 is 0 Å². The fraction of sp³-hybridized carbons (Fsp3) is 1.00. The first-order valence-corrected chi connectivity index (χ1v) is 4.27. The molecule has 3 N–H and O–H groups in total. The molecule has 0 bridgehead atoms. The van der Waals surface area contributed by atoms with Gasteiger partial charge in [0, 0.05) is 13.0 Å². The summed E-state index contributed by atoms with van der Waals surface area (Å²) in [7, 11) is 1.38. The highest BCUT2D eigenvalue weighted by molar-refractivity contribution is 4.86. The third-order valence-corrected chi connectivity index (χ3v) is 2.48. The molecule has 0 spiro atoms. The number of aliphatic hydroxyl groups excluding tert-OH is 3. The summed E-state index contributed by atoms with van der Waals surface area (Å²) in [6.45, 7) is 1.52. The van der Waals surface area contributed by atoms with Gasteiger partial charge in [-0.15, -0.1) is 0 Å². The van der Waals surface area contributed by atoms with E-state index in [2.05, 4.69) is 0 Å². The lowest BCUT2D eigenvalue weighted by atomic mass is 9.91. The van der Waals surface area contributed by atoms with Crippen molar-refractivity contribution in [1.29, 1.82) is 0 Å². The normalized spacial score (nSPS) is 46.4. The Kier molecular flexibility index (Phi) is 3.63. The first kappa shape index (κ1) is 10.9. The van der Waals surface area contributed by atoms with Crippen LogP contribution in [-0.4, -0.2) is 53.6 Å². The summed E-state index contributed by atoms with van der Waals surface area (Å²) in [6, 6.07) is 0. The molecule has 1 rings (SSSR count). The number of hydrogen-bond acceptors (Lipinski definition) is 5. The van der Waals surface area contributed by atoms with Crippen molar-refractivity contribution in [3.05, 3.63) is 0 Å². The molecule has 0 saturated carbocycles. The SMILES string of the molecule is COC1OC(CO)[C@@H](C)C(O)C1O. The zero-order chi connectivity index (χ0) is 10.0. The first-order chi connectivity index (χ1) is 6.11. The summed E-state index contributed by atoms with van der Waals surface area (Å²) >= 11 is 0. The molecule has 78 valence electrons. The molecule has 5 heteroatoms. The third kappa shape index (κ3) is 2.00. The van der Waals surface area contributed by atoms with Crippen LogP contribution in [0.5, 0.6) is 0 Å². The molecule has 1 heterocycles. The Balaban J connectivity index is 2.66. The van der Waals surface area contributed by atoms with Crippen molar-refractivity contribution in [2.24, 2.45) is 5.92 Å². The second-order valence-electron chi connectivity index (χ2n) is 3.30. The van der Waals surface area contributed by atoms with Crippen molar-refractivity contribution < 1.29 is 24.8 Å². The lowest BCUT2D eigenvalue weighted by Crippen LogP contribution is -2.55. The summed E-state index contributed by atoms with van der Waals surface area (Å²) in [5, 5.41) is 27.9. The quantitative estimate of drug-likeness (QED) is 0.507. The third-order valence-electron chi connectivity index (χ3n) is 2.48. The van der Waals surface area contributed by atoms with Crippen molar-refractivity contribution in [2.45, 2.75) is 31.5 Å². The molecule has 0 aromatic rings. The lowest BCUT2D eigenvalue weighted by molar-refractivity contribution is -0.280. The van der Waals surface area contributed by atoms with Gasteiger partial charge in [0.05, 0.1) is 18.8 Å². The van der Waals surface area contributed by atoms with Crippen molar-refractivity contribution in [3.8, 4) is 0 Å². The van der Waals surface area contributed by atoms with E-state index in [0.717, 1.165) is 0 Å². The van der Waals surface area contributed by atoms with Gasteiger partial charge in [0.15, 0.2) is 6.29 Å². The van der Waals surface area contributed by atoms with Crippen LogP contribution in [0.1, 0.15) is 6.92 Å². The lowest BCUT2D eigenvalue weighted by Gasteiger charge is -2.40. The van der Waals surface area contributed by atoms with Crippen LogP contribution in [0.2, 0.25) is 0 Å². The second-order valence-corrected chi connectivity index (χ2v) is 3.30. The minimum Gasteiger partial charge on any atom is -0.394 e. The van der Waals surface area contributed by atoms with Gasteiger partial charge in [-0.25, -0.2) is 0 Å². The highest BCUT2D eigenvalue weighted by atomic mass is 16.7. The summed E-state index contributed by atoms with van der Waals surface area (Å²) in [4.78, 5) is 0. The molecular formula is C8H16O5. The number of aliphatic hydroxyl groups is 3. The van der Waals surface area contributed by atoms with Gasteiger partial charge < -0.3 is 24.8 Å². The Bertz CT molecular complexity index is 143. The maximum Gasteiger partial charge on any atom is 0.186 e. The Morgan fingerprint density at radius 1 is 1.31 bits per heavy atom. The number of ether oxygens (including phenoxy) is 2. The summed E-state index contributed by atoms with van der Waals surface area (Å²) in [6.07, 6.45) is -3.31. The zero-order valence-corrected chi connectivity index (χ0v) is 7.75. The largest absolute Gasteiger partial charge is 0.394 e. The van der Waals surface area contributed by atoms with Crippen molar-refractivity contribution >= 4 is 0 Å². The fourth-order valence-corrected chi connectivity index (χ4v) is 1.47. The van der Waals surface area contributed by atoms with Gasteiger partial charge in [-0.2, -0.15) is 0 Å². The fourth-order valence-electron chi connectivity index (χ4n) is 1.47. The summed E-state index contributed by atoms with van der Waals surface area (Å²) in [5.74, 6) is -0.300. The molecule has 1 aliphatic rings. The van der Waals surface area contributed by atoms with Crippen LogP contribution < -0.4 is 0 Å². The predicted octanol–water partition coefficient (Wildman–Crippen LogP) is -1.29. The molecule has 4 unspecified atom stereocenters. The van der Waals surface area contributed by atoms with Gasteiger partial charge in [-0.05, 0) is 0 Å². The Hall–Kier alpha value is -0.200. The average Bonchev–Trinajstić information content (AvgIpc) is 2.15. The van der Waals surface area contributed by atoms with Gasteiger partial charge in [0.25, 0.3) is 0 Å². The standard InChI is InChI=1S/C8H16O5/c1-4-5(3-9)13-8(12-2)7(11)6(4)10/h4-11H,3H2,1-2H3/t4-,5?,6?,7?,8?/m1/s1. The maximum atomic E-state index is 9.53. The van der Waals surface area contributed by atoms with Crippen LogP contribution in [0, 0.1) is 5.92 Å². The smallest absolute Gasteiger partial charge is 0.186 e. The minimum atomic E-state index is -1.05. The van der Waals surface area contributed by atoms with Crippen LogP contribution in [0.25, 0.3) is 0 Å². The number of hydrogen-bond donors (Lipinski definition) is 3. The minimum absolute atomic E-state index is 0.190. The van der Waals surface area contributed by atoms with E-state index >= 15 is 0 Å². The topological polar surface area (TPSA) is 79.2 Å². The van der Waals surface area contributed by atoms with Crippen LogP contribution in [0.3, 0.4) is 0 Å². The molecule has 5 atom stereocenters. The average molecular weight is 192 g/mol. The molecular weight excluding hydrogens is 176 g/mol.